The van der Waals surface area contributed by atoms with Crippen LogP contribution in [0.25, 0.3) is 0 Å². The Kier molecular flexibility index (Phi) is 3.16. The fourth-order valence-corrected chi connectivity index (χ4v) is 1.39. The van der Waals surface area contributed by atoms with Crippen molar-refractivity contribution in [1.29, 1.82) is 0 Å². The van der Waals surface area contributed by atoms with Crippen molar-refractivity contribution in [2.24, 2.45) is 5.84 Å². The third-order valence-corrected chi connectivity index (χ3v) is 2.34. The standard InChI is InChI=1S/C8H10N2O2S/c1-13-5-2-3-7(10-9)6(4-5)8(11)12/h2-4,10H,9H2,1H3,(H,11,12). The molecule has 0 radical (unpaired) electrons. The van der Waals surface area contributed by atoms with E-state index in [1.165, 1.54) is 11.8 Å². The first-order chi connectivity index (χ1) is 6.19. The summed E-state index contributed by atoms with van der Waals surface area (Å²) in [6.45, 7) is 0. The molecule has 0 amide bonds. The third-order valence-electron chi connectivity index (χ3n) is 1.61. The van der Waals surface area contributed by atoms with Crippen molar-refractivity contribution in [2.75, 3.05) is 11.7 Å². The number of hydrazine groups is 1. The monoisotopic (exact) mass is 198 g/mol. The van der Waals surface area contributed by atoms with Crippen LogP contribution in [-0.2, 0) is 0 Å². The highest BCUT2D eigenvalue weighted by Gasteiger charge is 2.09. The van der Waals surface area contributed by atoms with Gasteiger partial charge in [-0.3, -0.25) is 5.84 Å². The zero-order valence-electron chi connectivity index (χ0n) is 7.07. The van der Waals surface area contributed by atoms with Gasteiger partial charge in [-0.2, -0.15) is 0 Å². The molecule has 0 aliphatic rings. The summed E-state index contributed by atoms with van der Waals surface area (Å²) in [6, 6.07) is 5.05. The van der Waals surface area contributed by atoms with E-state index >= 15 is 0 Å². The number of nitrogens with two attached hydrogens (primary N) is 1. The smallest absolute Gasteiger partial charge is 0.337 e. The van der Waals surface area contributed by atoms with Crippen molar-refractivity contribution in [3.63, 3.8) is 0 Å². The van der Waals surface area contributed by atoms with Gasteiger partial charge in [0, 0.05) is 4.90 Å². The third kappa shape index (κ3) is 2.13. The minimum atomic E-state index is -0.983. The maximum Gasteiger partial charge on any atom is 0.337 e. The molecule has 0 atom stereocenters. The lowest BCUT2D eigenvalue weighted by Gasteiger charge is -2.05. The van der Waals surface area contributed by atoms with Crippen LogP contribution in [0.2, 0.25) is 0 Å². The molecular formula is C8H10N2O2S. The summed E-state index contributed by atoms with van der Waals surface area (Å²) in [6.07, 6.45) is 1.89. The highest BCUT2D eigenvalue weighted by Crippen LogP contribution is 2.22. The molecule has 1 rings (SSSR count). The maximum atomic E-state index is 10.7. The number of benzene rings is 1. The minimum absolute atomic E-state index is 0.189. The summed E-state index contributed by atoms with van der Waals surface area (Å²) in [5.74, 6) is 4.18. The number of aromatic carboxylic acids is 1. The van der Waals surface area contributed by atoms with Crippen LogP contribution in [-0.4, -0.2) is 17.3 Å². The minimum Gasteiger partial charge on any atom is -0.478 e. The van der Waals surface area contributed by atoms with Crippen molar-refractivity contribution in [3.05, 3.63) is 23.8 Å². The molecular weight excluding hydrogens is 188 g/mol. The van der Waals surface area contributed by atoms with Crippen LogP contribution in [0.3, 0.4) is 0 Å². The van der Waals surface area contributed by atoms with Crippen LogP contribution in [0.15, 0.2) is 23.1 Å². The first-order valence-electron chi connectivity index (χ1n) is 3.57. The molecule has 0 spiro atoms. The Labute approximate surface area is 80.1 Å². The Morgan fingerprint density at radius 3 is 2.77 bits per heavy atom. The Balaban J connectivity index is 3.18. The number of carbonyl (C=O) groups is 1. The van der Waals surface area contributed by atoms with E-state index < -0.39 is 5.97 Å². The van der Waals surface area contributed by atoms with Gasteiger partial charge >= 0.3 is 5.97 Å². The summed E-state index contributed by atoms with van der Waals surface area (Å²) in [5.41, 5.74) is 2.95. The first-order valence-corrected chi connectivity index (χ1v) is 4.79. The second-order valence-corrected chi connectivity index (χ2v) is 3.24. The second-order valence-electron chi connectivity index (χ2n) is 2.36. The SMILES string of the molecule is CSc1ccc(NN)c(C(=O)O)c1. The molecule has 0 unspecified atom stereocenters. The van der Waals surface area contributed by atoms with E-state index in [0.717, 1.165) is 4.90 Å². The van der Waals surface area contributed by atoms with Crippen LogP contribution in [0, 0.1) is 0 Å². The summed E-state index contributed by atoms with van der Waals surface area (Å²) in [7, 11) is 0. The van der Waals surface area contributed by atoms with Gasteiger partial charge in [0.2, 0.25) is 0 Å². The van der Waals surface area contributed by atoms with Crippen LogP contribution < -0.4 is 11.3 Å². The normalized spacial score (nSPS) is 9.69. The van der Waals surface area contributed by atoms with E-state index in [2.05, 4.69) is 5.43 Å². The quantitative estimate of drug-likeness (QED) is 0.389. The maximum absolute atomic E-state index is 10.7. The van der Waals surface area contributed by atoms with E-state index in [0.29, 0.717) is 5.69 Å². The number of carboxylic acid groups (broad SMARTS) is 1. The molecule has 0 aromatic heterocycles. The number of nitrogens with one attached hydrogen (secondary N) is 1. The Morgan fingerprint density at radius 2 is 2.31 bits per heavy atom. The lowest BCUT2D eigenvalue weighted by molar-refractivity contribution is 0.0697. The number of rotatable bonds is 3. The van der Waals surface area contributed by atoms with Gasteiger partial charge in [-0.25, -0.2) is 4.79 Å². The van der Waals surface area contributed by atoms with Crippen molar-refractivity contribution < 1.29 is 9.90 Å². The number of anilines is 1. The fraction of sp³-hybridized carbons (Fsp3) is 0.125. The van der Waals surface area contributed by atoms with E-state index in [-0.39, 0.29) is 5.56 Å². The molecule has 0 saturated carbocycles. The summed E-state index contributed by atoms with van der Waals surface area (Å²) < 4.78 is 0. The lowest BCUT2D eigenvalue weighted by atomic mass is 10.2. The van der Waals surface area contributed by atoms with Gasteiger partial charge in [0.1, 0.15) is 0 Å². The van der Waals surface area contributed by atoms with Gasteiger partial charge in [-0.05, 0) is 24.5 Å². The van der Waals surface area contributed by atoms with Crippen molar-refractivity contribution in [2.45, 2.75) is 4.90 Å². The average molecular weight is 198 g/mol. The molecule has 13 heavy (non-hydrogen) atoms. The molecule has 0 aliphatic heterocycles. The molecule has 1 aromatic rings. The predicted molar refractivity (Wildman–Crippen MR) is 53.0 cm³/mol. The highest BCUT2D eigenvalue weighted by molar-refractivity contribution is 7.98. The van der Waals surface area contributed by atoms with Crippen molar-refractivity contribution in [3.8, 4) is 0 Å². The summed E-state index contributed by atoms with van der Waals surface area (Å²) >= 11 is 1.49. The summed E-state index contributed by atoms with van der Waals surface area (Å²) in [5, 5.41) is 8.81. The number of nitrogen functional groups attached to an aromatic ring is 1. The van der Waals surface area contributed by atoms with Gasteiger partial charge in [0.05, 0.1) is 11.3 Å². The zero-order chi connectivity index (χ0) is 9.84. The van der Waals surface area contributed by atoms with Crippen molar-refractivity contribution >= 4 is 23.4 Å². The van der Waals surface area contributed by atoms with Crippen LogP contribution in [0.4, 0.5) is 5.69 Å². The Morgan fingerprint density at radius 1 is 1.62 bits per heavy atom. The molecule has 0 fully saturated rings. The topological polar surface area (TPSA) is 75.3 Å². The highest BCUT2D eigenvalue weighted by atomic mass is 32.2. The molecule has 0 aliphatic carbocycles. The molecule has 5 heteroatoms. The largest absolute Gasteiger partial charge is 0.478 e. The number of hydrogen-bond donors (Lipinski definition) is 3. The molecule has 70 valence electrons. The molecule has 0 bridgehead atoms. The van der Waals surface area contributed by atoms with Gasteiger partial charge in [0.15, 0.2) is 0 Å². The first kappa shape index (κ1) is 9.88. The number of hydrogen-bond acceptors (Lipinski definition) is 4. The van der Waals surface area contributed by atoms with Crippen LogP contribution >= 0.6 is 11.8 Å². The summed E-state index contributed by atoms with van der Waals surface area (Å²) in [4.78, 5) is 11.6. The van der Waals surface area contributed by atoms with Gasteiger partial charge < -0.3 is 10.5 Å². The average Bonchev–Trinajstić information content (AvgIpc) is 2.16. The van der Waals surface area contributed by atoms with Gasteiger partial charge in [-0.1, -0.05) is 0 Å². The second kappa shape index (κ2) is 4.15. The van der Waals surface area contributed by atoms with E-state index in [1.54, 1.807) is 12.1 Å². The van der Waals surface area contributed by atoms with Crippen LogP contribution in [0.5, 0.6) is 0 Å². The van der Waals surface area contributed by atoms with Gasteiger partial charge in [0.25, 0.3) is 0 Å². The molecule has 4 N–H and O–H groups in total. The fourth-order valence-electron chi connectivity index (χ4n) is 0.953. The molecule has 1 aromatic carbocycles. The molecule has 4 nitrogen and oxygen atoms in total. The Hall–Kier alpha value is -1.20. The molecule has 0 saturated heterocycles. The van der Waals surface area contributed by atoms with Gasteiger partial charge in [-0.15, -0.1) is 11.8 Å². The van der Waals surface area contributed by atoms with E-state index in [9.17, 15) is 4.79 Å². The van der Waals surface area contributed by atoms with Crippen LogP contribution in [0.1, 0.15) is 10.4 Å². The number of thioether (sulfide) groups is 1. The lowest BCUT2D eigenvalue weighted by Crippen LogP contribution is -2.11. The van der Waals surface area contributed by atoms with Crippen molar-refractivity contribution in [1.82, 2.24) is 0 Å². The molecule has 0 heterocycles. The number of carboxylic acids is 1. The van der Waals surface area contributed by atoms with E-state index in [1.807, 2.05) is 12.3 Å². The predicted octanol–water partition coefficient (Wildman–Crippen LogP) is 1.39. The van der Waals surface area contributed by atoms with E-state index in [4.69, 9.17) is 10.9 Å². The zero-order valence-corrected chi connectivity index (χ0v) is 7.89. The Bertz CT molecular complexity index is 328.